The number of rotatable bonds is 11. The molecule has 2 fully saturated rings. The Balaban J connectivity index is 1.15. The Kier molecular flexibility index (Phi) is 8.75. The predicted molar refractivity (Wildman–Crippen MR) is 141 cm³/mol. The minimum absolute atomic E-state index is 0.184. The van der Waals surface area contributed by atoms with Gasteiger partial charge in [-0.25, -0.2) is 13.8 Å². The molecule has 1 saturated heterocycles. The zero-order valence-electron chi connectivity index (χ0n) is 22.2. The number of aryl methyl sites for hydroxylation is 1. The van der Waals surface area contributed by atoms with Crippen LogP contribution < -0.4 is 10.1 Å². The maximum atomic E-state index is 15.3. The summed E-state index contributed by atoms with van der Waals surface area (Å²) in [6, 6.07) is 2.59. The highest BCUT2D eigenvalue weighted by atomic mass is 19.1. The number of aromatic nitrogens is 2. The highest BCUT2D eigenvalue weighted by Gasteiger charge is 2.38. The van der Waals surface area contributed by atoms with Gasteiger partial charge in [-0.05, 0) is 69.5 Å². The minimum Gasteiger partial charge on any atom is -0.496 e. The number of hydrogen-bond donors (Lipinski definition) is 3. The lowest BCUT2D eigenvalue weighted by Gasteiger charge is -2.34. The maximum absolute atomic E-state index is 15.3. The Morgan fingerprint density at radius 2 is 2.03 bits per heavy atom. The molecule has 2 unspecified atom stereocenters. The van der Waals surface area contributed by atoms with E-state index in [1.54, 1.807) is 7.11 Å². The number of halogens is 2. The number of aliphatic hydroxyl groups excluding tert-OH is 1. The van der Waals surface area contributed by atoms with E-state index < -0.39 is 24.3 Å². The summed E-state index contributed by atoms with van der Waals surface area (Å²) in [5, 5.41) is 23.9. The smallest absolute Gasteiger partial charge is 0.171 e. The second kappa shape index (κ2) is 12.2. The first-order valence-corrected chi connectivity index (χ1v) is 14.1. The van der Waals surface area contributed by atoms with Gasteiger partial charge in [0.1, 0.15) is 23.6 Å². The number of aliphatic hydroxyl groups is 2. The van der Waals surface area contributed by atoms with E-state index in [2.05, 4.69) is 10.3 Å². The molecule has 9 heteroatoms. The SMILES string of the molecule is COc1cc(CCCCC(F)[C@@H]2CCN(C(c3cc(F)cnc3C3CCC3)C(O)O)C2)nc2c1CCCN2. The van der Waals surface area contributed by atoms with Gasteiger partial charge in [0.2, 0.25) is 0 Å². The molecule has 3 aliphatic rings. The number of likely N-dealkylation sites (tertiary alicyclic amines) is 1. The van der Waals surface area contributed by atoms with Crippen LogP contribution in [0.5, 0.6) is 5.75 Å². The van der Waals surface area contributed by atoms with Crippen molar-refractivity contribution in [1.82, 2.24) is 14.9 Å². The zero-order valence-corrected chi connectivity index (χ0v) is 22.2. The Hall–Kier alpha value is -2.36. The summed E-state index contributed by atoms with van der Waals surface area (Å²) in [7, 11) is 1.69. The summed E-state index contributed by atoms with van der Waals surface area (Å²) >= 11 is 0. The number of methoxy groups -OCH3 is 1. The summed E-state index contributed by atoms with van der Waals surface area (Å²) in [6.45, 7) is 1.87. The lowest BCUT2D eigenvalue weighted by atomic mass is 9.79. The van der Waals surface area contributed by atoms with Gasteiger partial charge in [-0.1, -0.05) is 12.8 Å². The predicted octanol–water partition coefficient (Wildman–Crippen LogP) is 4.67. The van der Waals surface area contributed by atoms with Crippen LogP contribution in [0.25, 0.3) is 0 Å². The van der Waals surface area contributed by atoms with E-state index in [0.717, 1.165) is 86.4 Å². The van der Waals surface area contributed by atoms with E-state index in [1.165, 1.54) is 12.3 Å². The number of ether oxygens (including phenoxy) is 1. The van der Waals surface area contributed by atoms with Gasteiger partial charge in [0, 0.05) is 47.9 Å². The lowest BCUT2D eigenvalue weighted by molar-refractivity contribution is -0.0997. The molecule has 0 amide bonds. The summed E-state index contributed by atoms with van der Waals surface area (Å²) in [6.07, 6.45) is 7.06. The van der Waals surface area contributed by atoms with Gasteiger partial charge in [-0.3, -0.25) is 9.88 Å². The number of unbranched alkanes of at least 4 members (excludes halogenated alkanes) is 1. The Morgan fingerprint density at radius 3 is 2.76 bits per heavy atom. The molecule has 2 aromatic rings. The molecule has 208 valence electrons. The first-order chi connectivity index (χ1) is 18.4. The topological polar surface area (TPSA) is 90.7 Å². The van der Waals surface area contributed by atoms with Crippen LogP contribution in [0.15, 0.2) is 18.3 Å². The summed E-state index contributed by atoms with van der Waals surface area (Å²) in [4.78, 5) is 11.0. The quantitative estimate of drug-likeness (QED) is 0.287. The molecule has 4 heterocycles. The third-order valence-electron chi connectivity index (χ3n) is 8.59. The van der Waals surface area contributed by atoms with Crippen LogP contribution in [-0.4, -0.2) is 64.3 Å². The van der Waals surface area contributed by atoms with Crippen molar-refractivity contribution in [2.45, 2.75) is 88.6 Å². The molecule has 2 aromatic heterocycles. The second-order valence-corrected chi connectivity index (χ2v) is 11.1. The van der Waals surface area contributed by atoms with Gasteiger partial charge in [-0.2, -0.15) is 0 Å². The number of pyridine rings is 2. The Labute approximate surface area is 223 Å². The van der Waals surface area contributed by atoms with Gasteiger partial charge in [0.15, 0.2) is 6.29 Å². The van der Waals surface area contributed by atoms with Crippen LogP contribution in [0, 0.1) is 11.7 Å². The lowest BCUT2D eigenvalue weighted by Crippen LogP contribution is -2.37. The molecule has 3 N–H and O–H groups in total. The molecule has 7 nitrogen and oxygen atoms in total. The maximum Gasteiger partial charge on any atom is 0.171 e. The van der Waals surface area contributed by atoms with Crippen LogP contribution in [0.1, 0.15) is 85.8 Å². The second-order valence-electron chi connectivity index (χ2n) is 11.1. The molecule has 0 aromatic carbocycles. The van der Waals surface area contributed by atoms with Gasteiger partial charge in [0.25, 0.3) is 0 Å². The third-order valence-corrected chi connectivity index (χ3v) is 8.59. The largest absolute Gasteiger partial charge is 0.496 e. The molecule has 1 saturated carbocycles. The van der Waals surface area contributed by atoms with E-state index in [1.807, 2.05) is 11.0 Å². The van der Waals surface area contributed by atoms with E-state index in [0.29, 0.717) is 31.5 Å². The highest BCUT2D eigenvalue weighted by molar-refractivity contribution is 5.54. The Bertz CT molecular complexity index is 1080. The van der Waals surface area contributed by atoms with E-state index in [4.69, 9.17) is 9.72 Å². The van der Waals surface area contributed by atoms with Gasteiger partial charge >= 0.3 is 0 Å². The van der Waals surface area contributed by atoms with Crippen LogP contribution in [0.4, 0.5) is 14.6 Å². The molecule has 0 radical (unpaired) electrons. The average molecular weight is 531 g/mol. The fraction of sp³-hybridized carbons (Fsp3) is 0.655. The zero-order chi connectivity index (χ0) is 26.6. The van der Waals surface area contributed by atoms with Crippen LogP contribution in [0.3, 0.4) is 0 Å². The Morgan fingerprint density at radius 1 is 1.18 bits per heavy atom. The summed E-state index contributed by atoms with van der Waals surface area (Å²) < 4.78 is 35.0. The number of hydrogen-bond acceptors (Lipinski definition) is 7. The fourth-order valence-electron chi connectivity index (χ4n) is 6.28. The molecular formula is C29H40F2N4O3. The molecule has 3 atom stereocenters. The summed E-state index contributed by atoms with van der Waals surface area (Å²) in [5.74, 6) is 1.33. The van der Waals surface area contributed by atoms with Crippen molar-refractivity contribution in [3.05, 3.63) is 46.7 Å². The van der Waals surface area contributed by atoms with Crippen LogP contribution >= 0.6 is 0 Å². The molecular weight excluding hydrogens is 490 g/mol. The number of nitrogens with one attached hydrogen (secondary N) is 1. The van der Waals surface area contributed by atoms with Crippen molar-refractivity contribution in [3.8, 4) is 5.75 Å². The van der Waals surface area contributed by atoms with Gasteiger partial charge in [0.05, 0.1) is 19.3 Å². The van der Waals surface area contributed by atoms with Crippen molar-refractivity contribution in [2.75, 3.05) is 32.1 Å². The molecule has 2 aliphatic heterocycles. The first-order valence-electron chi connectivity index (χ1n) is 14.1. The number of anilines is 1. The first kappa shape index (κ1) is 27.2. The number of nitrogens with zero attached hydrogens (tertiary/aromatic N) is 3. The fourth-order valence-corrected chi connectivity index (χ4v) is 6.28. The molecule has 38 heavy (non-hydrogen) atoms. The van der Waals surface area contributed by atoms with Crippen molar-refractivity contribution >= 4 is 5.82 Å². The molecule has 0 bridgehead atoms. The van der Waals surface area contributed by atoms with Crippen molar-refractivity contribution in [3.63, 3.8) is 0 Å². The highest BCUT2D eigenvalue weighted by Crippen LogP contribution is 2.41. The van der Waals surface area contributed by atoms with Crippen LogP contribution in [-0.2, 0) is 12.8 Å². The summed E-state index contributed by atoms with van der Waals surface area (Å²) in [5.41, 5.74) is 3.38. The van der Waals surface area contributed by atoms with Crippen molar-refractivity contribution in [2.24, 2.45) is 5.92 Å². The van der Waals surface area contributed by atoms with Gasteiger partial charge < -0.3 is 20.3 Å². The number of alkyl halides is 1. The van der Waals surface area contributed by atoms with Crippen molar-refractivity contribution in [1.29, 1.82) is 0 Å². The van der Waals surface area contributed by atoms with E-state index in [9.17, 15) is 14.6 Å². The van der Waals surface area contributed by atoms with Crippen molar-refractivity contribution < 1.29 is 23.7 Å². The van der Waals surface area contributed by atoms with E-state index >= 15 is 4.39 Å². The average Bonchev–Trinajstić information content (AvgIpc) is 3.36. The molecule has 5 rings (SSSR count). The molecule has 0 spiro atoms. The third kappa shape index (κ3) is 5.95. The van der Waals surface area contributed by atoms with Gasteiger partial charge in [-0.15, -0.1) is 0 Å². The van der Waals surface area contributed by atoms with Crippen LogP contribution in [0.2, 0.25) is 0 Å². The molecule has 1 aliphatic carbocycles. The normalized spacial score (nSPS) is 21.6. The number of fused-ring (bicyclic) bond motifs is 1. The van der Waals surface area contributed by atoms with E-state index in [-0.39, 0.29) is 11.8 Å². The monoisotopic (exact) mass is 530 g/mol. The minimum atomic E-state index is -1.69. The standard InChI is InChI=1S/C29H40F2N4O3/c1-38-25-15-21(34-28-22(25)9-5-12-32-28)8-2-3-10-24(31)19-11-13-35(17-19)27(29(36)37)23-14-20(30)16-33-26(23)18-6-4-7-18/h14-16,18-19,24,27,29,36-37H,2-13,17H2,1H3,(H,32,34)/t19-,24?,27?/m1/s1.